The van der Waals surface area contributed by atoms with E-state index >= 15 is 0 Å². The molecule has 1 amide bonds. The van der Waals surface area contributed by atoms with Crippen LogP contribution in [0.25, 0.3) is 0 Å². The van der Waals surface area contributed by atoms with Gasteiger partial charge in [0.05, 0.1) is 13.2 Å². The molecule has 1 aliphatic heterocycles. The van der Waals surface area contributed by atoms with Crippen LogP contribution in [0.2, 0.25) is 0 Å². The molecule has 4 bridgehead atoms. The zero-order valence-corrected chi connectivity index (χ0v) is 25.7. The van der Waals surface area contributed by atoms with E-state index in [0.29, 0.717) is 56.1 Å². The number of amides is 1. The Bertz CT molecular complexity index is 1010. The smallest absolute Gasteiger partial charge is 0.408 e. The molecule has 1 saturated heterocycles. The highest BCUT2D eigenvalue weighted by atomic mass is 35.5. The predicted molar refractivity (Wildman–Crippen MR) is 160 cm³/mol. The summed E-state index contributed by atoms with van der Waals surface area (Å²) in [6.07, 6.45) is 7.69. The van der Waals surface area contributed by atoms with Crippen molar-refractivity contribution >= 4 is 41.0 Å². The summed E-state index contributed by atoms with van der Waals surface area (Å²) in [4.78, 5) is 38.8. The monoisotopic (exact) mass is 626 g/mol. The summed E-state index contributed by atoms with van der Waals surface area (Å²) in [7, 11) is 0. The van der Waals surface area contributed by atoms with Gasteiger partial charge in [0, 0.05) is 55.2 Å². The quantitative estimate of drug-likeness (QED) is 0.250. The third-order valence-corrected chi connectivity index (χ3v) is 9.89. The van der Waals surface area contributed by atoms with E-state index in [0.717, 1.165) is 61.6 Å². The lowest BCUT2D eigenvalue weighted by Gasteiger charge is -2.58. The Hall–Kier alpha value is -1.78. The maximum atomic E-state index is 12.8. The van der Waals surface area contributed by atoms with Gasteiger partial charge in [-0.3, -0.25) is 0 Å². The second-order valence-corrected chi connectivity index (χ2v) is 13.1. The highest BCUT2D eigenvalue weighted by molar-refractivity contribution is 6.18. The topological polar surface area (TPSA) is 107 Å². The third kappa shape index (κ3) is 7.65. The molecule has 234 valence electrons. The number of alkyl halides is 2. The Morgan fingerprint density at radius 3 is 2.26 bits per heavy atom. The Kier molecular flexibility index (Phi) is 11.1. The molecule has 4 saturated carbocycles. The number of anilines is 1. The lowest BCUT2D eigenvalue weighted by Crippen LogP contribution is -2.60. The molecule has 4 aliphatic carbocycles. The molecular weight excluding hydrogens is 583 g/mol. The first kappa shape index (κ1) is 31.6. The molecule has 6 rings (SSSR count). The van der Waals surface area contributed by atoms with Gasteiger partial charge in [-0.05, 0) is 80.9 Å². The van der Waals surface area contributed by atoms with E-state index in [4.69, 9.17) is 42.5 Å². The van der Waals surface area contributed by atoms with Crippen LogP contribution in [0.1, 0.15) is 63.4 Å². The lowest BCUT2D eigenvalue weighted by molar-refractivity contribution is -0.476. The van der Waals surface area contributed by atoms with Crippen molar-refractivity contribution < 1.29 is 33.9 Å². The summed E-state index contributed by atoms with van der Waals surface area (Å²) < 4.78 is 12.2. The first-order valence-electron chi connectivity index (χ1n) is 15.5. The molecular formula is C31H44Cl2N2O7. The normalized spacial score (nSPS) is 31.7. The van der Waals surface area contributed by atoms with Crippen LogP contribution in [0, 0.1) is 23.7 Å². The maximum absolute atomic E-state index is 12.8. The minimum absolute atomic E-state index is 0.126. The molecule has 1 spiro atoms. The minimum atomic E-state index is -1.13. The van der Waals surface area contributed by atoms with Gasteiger partial charge in [0.2, 0.25) is 5.79 Å². The van der Waals surface area contributed by atoms with Gasteiger partial charge in [-0.25, -0.2) is 19.4 Å². The predicted octanol–water partition coefficient (Wildman–Crippen LogP) is 5.75. The second kappa shape index (κ2) is 14.8. The van der Waals surface area contributed by atoms with Crippen LogP contribution in [0.15, 0.2) is 24.3 Å². The number of carboxylic acid groups (broad SMARTS) is 1. The van der Waals surface area contributed by atoms with E-state index in [1.165, 1.54) is 6.42 Å². The van der Waals surface area contributed by atoms with Crippen molar-refractivity contribution in [1.82, 2.24) is 5.32 Å². The summed E-state index contributed by atoms with van der Waals surface area (Å²) in [5.41, 5.74) is 1.74. The lowest BCUT2D eigenvalue weighted by atomic mass is 9.53. The highest BCUT2D eigenvalue weighted by Crippen LogP contribution is 2.60. The van der Waals surface area contributed by atoms with Crippen molar-refractivity contribution in [3.8, 4) is 0 Å². The molecule has 1 aromatic rings. The number of halogens is 2. The van der Waals surface area contributed by atoms with Crippen LogP contribution < -0.4 is 10.2 Å². The number of rotatable bonds is 10. The van der Waals surface area contributed by atoms with Crippen molar-refractivity contribution in [1.29, 1.82) is 0 Å². The number of alkyl carbamates (subject to hydrolysis) is 1. The summed E-state index contributed by atoms with van der Waals surface area (Å²) in [6, 6.07) is 6.40. The van der Waals surface area contributed by atoms with Crippen LogP contribution in [-0.2, 0) is 30.5 Å². The average Bonchev–Trinajstić information content (AvgIpc) is 3.01. The Balaban J connectivity index is 1.12. The first-order valence-corrected chi connectivity index (χ1v) is 16.6. The van der Waals surface area contributed by atoms with E-state index < -0.39 is 30.0 Å². The second-order valence-electron chi connectivity index (χ2n) is 12.4. The van der Waals surface area contributed by atoms with Crippen LogP contribution in [0.5, 0.6) is 0 Å². The third-order valence-electron chi connectivity index (χ3n) is 9.55. The fourth-order valence-corrected chi connectivity index (χ4v) is 8.11. The standard InChI is InChI=1S/C31H44Cl2N2O7/c32-9-11-35(12-10-33)26-6-4-21(5-7-26)20-28(29(36)37)34-30(38)41-27-3-1-2-13-39-31(42-40-14-8-27)24-16-22-15-23(18-24)19-25(31)17-22/h4-7,22-25,27-28H,1-3,8-20H2,(H,34,38)(H,36,37)/t22?,23?,24?,25?,27?,28-,31?/m0/s1. The number of carbonyl (C=O) groups excluding carboxylic acids is 1. The van der Waals surface area contributed by atoms with Gasteiger partial charge < -0.3 is 24.8 Å². The zero-order valence-electron chi connectivity index (χ0n) is 24.2. The molecule has 1 aromatic carbocycles. The number of hydrogen-bond donors (Lipinski definition) is 2. The number of carbonyl (C=O) groups is 2. The van der Waals surface area contributed by atoms with Gasteiger partial charge >= 0.3 is 12.1 Å². The van der Waals surface area contributed by atoms with E-state index in [1.54, 1.807) is 0 Å². The van der Waals surface area contributed by atoms with Crippen LogP contribution in [-0.4, -0.2) is 73.2 Å². The summed E-state index contributed by atoms with van der Waals surface area (Å²) >= 11 is 11.8. The van der Waals surface area contributed by atoms with E-state index in [2.05, 4.69) is 10.2 Å². The fraction of sp³-hybridized carbons (Fsp3) is 0.742. The number of aliphatic carboxylic acids is 1. The molecule has 11 heteroatoms. The van der Waals surface area contributed by atoms with Crippen molar-refractivity contribution in [2.45, 2.75) is 82.1 Å². The molecule has 1 unspecified atom stereocenters. The maximum Gasteiger partial charge on any atom is 0.408 e. The highest BCUT2D eigenvalue weighted by Gasteiger charge is 2.60. The minimum Gasteiger partial charge on any atom is -0.480 e. The van der Waals surface area contributed by atoms with Crippen LogP contribution >= 0.6 is 23.2 Å². The number of benzene rings is 1. The number of nitrogens with one attached hydrogen (secondary N) is 1. The van der Waals surface area contributed by atoms with Crippen molar-refractivity contribution in [2.75, 3.05) is 43.0 Å². The number of nitrogens with zero attached hydrogens (tertiary/aromatic N) is 1. The van der Waals surface area contributed by atoms with Gasteiger partial charge in [0.15, 0.2) is 0 Å². The molecule has 0 radical (unpaired) electrons. The molecule has 2 N–H and O–H groups in total. The largest absolute Gasteiger partial charge is 0.480 e. The van der Waals surface area contributed by atoms with Gasteiger partial charge in [-0.1, -0.05) is 12.1 Å². The van der Waals surface area contributed by atoms with Crippen molar-refractivity contribution in [3.63, 3.8) is 0 Å². The average molecular weight is 628 g/mol. The van der Waals surface area contributed by atoms with Crippen LogP contribution in [0.4, 0.5) is 10.5 Å². The number of ether oxygens (including phenoxy) is 2. The fourth-order valence-electron chi connectivity index (χ4n) is 7.70. The Labute approximate surface area is 258 Å². The van der Waals surface area contributed by atoms with Crippen molar-refractivity contribution in [3.05, 3.63) is 29.8 Å². The number of carboxylic acids is 1. The summed E-state index contributed by atoms with van der Waals surface area (Å²) in [5.74, 6) is 1.52. The molecule has 2 atom stereocenters. The van der Waals surface area contributed by atoms with Gasteiger partial charge in [0.25, 0.3) is 0 Å². The molecule has 5 aliphatic rings. The Morgan fingerprint density at radius 2 is 1.64 bits per heavy atom. The summed E-state index contributed by atoms with van der Waals surface area (Å²) in [6.45, 7) is 2.17. The molecule has 42 heavy (non-hydrogen) atoms. The molecule has 5 fully saturated rings. The van der Waals surface area contributed by atoms with E-state index in [1.807, 2.05) is 24.3 Å². The summed E-state index contributed by atoms with van der Waals surface area (Å²) in [5, 5.41) is 12.3. The SMILES string of the molecule is O=C(N[C@@H](Cc1ccc(N(CCCl)CCCl)cc1)C(=O)O)OC1CCCCOC2(OOCC1)C1CC3CC(C1)CC2C3. The molecule has 0 aromatic heterocycles. The molecule has 9 nitrogen and oxygen atoms in total. The van der Waals surface area contributed by atoms with Gasteiger partial charge in [-0.15, -0.1) is 23.2 Å². The number of hydrogen-bond acceptors (Lipinski definition) is 7. The van der Waals surface area contributed by atoms with Crippen LogP contribution in [0.3, 0.4) is 0 Å². The van der Waals surface area contributed by atoms with E-state index in [-0.39, 0.29) is 13.0 Å². The van der Waals surface area contributed by atoms with Gasteiger partial charge in [0.1, 0.15) is 12.1 Å². The van der Waals surface area contributed by atoms with E-state index in [9.17, 15) is 14.7 Å². The first-order chi connectivity index (χ1) is 20.4. The van der Waals surface area contributed by atoms with Crippen molar-refractivity contribution in [2.24, 2.45) is 23.7 Å². The Morgan fingerprint density at radius 1 is 0.976 bits per heavy atom. The zero-order chi connectivity index (χ0) is 29.5. The molecule has 1 heterocycles. The van der Waals surface area contributed by atoms with Gasteiger partial charge in [-0.2, -0.15) is 0 Å².